The number of rotatable bonds is 8. The number of hydrogen-bond donors (Lipinski definition) is 2. The van der Waals surface area contributed by atoms with Gasteiger partial charge in [0.05, 0.1) is 0 Å². The molecule has 0 atom stereocenters. The van der Waals surface area contributed by atoms with E-state index in [0.717, 1.165) is 28.8 Å². The van der Waals surface area contributed by atoms with E-state index in [-0.39, 0.29) is 10.7 Å². The maximum atomic E-state index is 12.2. The molecule has 0 aliphatic heterocycles. The molecule has 0 bridgehead atoms. The molecule has 0 aliphatic rings. The first kappa shape index (κ1) is 18.1. The summed E-state index contributed by atoms with van der Waals surface area (Å²) >= 11 is 1.08. The molecule has 1 aromatic rings. The summed E-state index contributed by atoms with van der Waals surface area (Å²) in [5.41, 5.74) is 5.70. The molecular weight excluding hydrogens is 310 g/mol. The molecule has 0 unspecified atom stereocenters. The monoisotopic (exact) mass is 335 g/mol. The fourth-order valence-corrected chi connectivity index (χ4v) is 3.73. The molecule has 0 spiro atoms. The third-order valence-corrected chi connectivity index (χ3v) is 6.11. The van der Waals surface area contributed by atoms with Crippen molar-refractivity contribution in [2.75, 3.05) is 45.3 Å². The molecule has 0 saturated heterocycles. The maximum Gasteiger partial charge on any atom is 0.249 e. The minimum atomic E-state index is -3.58. The number of nitrogens with one attached hydrogen (secondary N) is 1. The molecular formula is C12H25N5O2S2. The number of aromatic nitrogens is 1. The van der Waals surface area contributed by atoms with Crippen molar-refractivity contribution in [3.63, 3.8) is 0 Å². The van der Waals surface area contributed by atoms with E-state index in [1.165, 1.54) is 14.1 Å². The third-order valence-electron chi connectivity index (χ3n) is 3.27. The molecule has 0 radical (unpaired) electrons. The Bertz CT molecular complexity index is 554. The van der Waals surface area contributed by atoms with Crippen LogP contribution < -0.4 is 11.1 Å². The van der Waals surface area contributed by atoms with Crippen molar-refractivity contribution in [2.24, 2.45) is 0 Å². The van der Waals surface area contributed by atoms with Crippen molar-refractivity contribution in [1.82, 2.24) is 13.6 Å². The fourth-order valence-electron chi connectivity index (χ4n) is 1.63. The summed E-state index contributed by atoms with van der Waals surface area (Å²) in [6.45, 7) is 5.89. The quantitative estimate of drug-likeness (QED) is 0.692. The second kappa shape index (κ2) is 7.39. The van der Waals surface area contributed by atoms with E-state index >= 15 is 0 Å². The molecule has 122 valence electrons. The largest absolute Gasteiger partial charge is 0.382 e. The number of nitrogens with two attached hydrogens (primary N) is 1. The number of nitrogens with zero attached hydrogens (tertiary/aromatic N) is 3. The van der Waals surface area contributed by atoms with Gasteiger partial charge in [-0.25, -0.2) is 12.7 Å². The van der Waals surface area contributed by atoms with Gasteiger partial charge in [-0.2, -0.15) is 4.37 Å². The first-order chi connectivity index (χ1) is 9.67. The Kier molecular flexibility index (Phi) is 6.39. The van der Waals surface area contributed by atoms with Crippen LogP contribution in [0.15, 0.2) is 4.90 Å². The van der Waals surface area contributed by atoms with Gasteiger partial charge in [-0.05, 0) is 45.4 Å². The molecule has 7 nitrogen and oxygen atoms in total. The van der Waals surface area contributed by atoms with E-state index in [1.54, 1.807) is 0 Å². The van der Waals surface area contributed by atoms with E-state index in [1.807, 2.05) is 0 Å². The van der Waals surface area contributed by atoms with Crippen molar-refractivity contribution >= 4 is 32.4 Å². The summed E-state index contributed by atoms with van der Waals surface area (Å²) < 4.78 is 29.6. The molecule has 0 aromatic carbocycles. The van der Waals surface area contributed by atoms with Crippen LogP contribution in [0.25, 0.3) is 0 Å². The van der Waals surface area contributed by atoms with Crippen LogP contribution >= 0.6 is 11.5 Å². The van der Waals surface area contributed by atoms with Crippen LogP contribution in [-0.2, 0) is 10.0 Å². The predicted molar refractivity (Wildman–Crippen MR) is 88.3 cm³/mol. The smallest absolute Gasteiger partial charge is 0.249 e. The SMILES string of the molecule is CC(C)N(C)CCCNc1snc(N)c1S(=O)(=O)N(C)C. The zero-order chi connectivity index (χ0) is 16.2. The van der Waals surface area contributed by atoms with Crippen molar-refractivity contribution in [3.8, 4) is 0 Å². The number of nitrogen functional groups attached to an aromatic ring is 1. The van der Waals surface area contributed by atoms with Gasteiger partial charge in [-0.15, -0.1) is 0 Å². The van der Waals surface area contributed by atoms with Gasteiger partial charge < -0.3 is 16.0 Å². The van der Waals surface area contributed by atoms with E-state index in [2.05, 4.69) is 35.5 Å². The van der Waals surface area contributed by atoms with Crippen LogP contribution in [-0.4, -0.2) is 62.3 Å². The lowest BCUT2D eigenvalue weighted by Crippen LogP contribution is -2.28. The summed E-state index contributed by atoms with van der Waals surface area (Å²) in [5.74, 6) is 0.0514. The lowest BCUT2D eigenvalue weighted by Gasteiger charge is -2.20. The van der Waals surface area contributed by atoms with Gasteiger partial charge in [0.2, 0.25) is 10.0 Å². The molecule has 0 fully saturated rings. The Balaban J connectivity index is 2.70. The van der Waals surface area contributed by atoms with E-state index in [4.69, 9.17) is 5.73 Å². The predicted octanol–water partition coefficient (Wildman–Crippen LogP) is 1.12. The van der Waals surface area contributed by atoms with Crippen LogP contribution in [0.1, 0.15) is 20.3 Å². The molecule has 9 heteroatoms. The highest BCUT2D eigenvalue weighted by atomic mass is 32.2. The molecule has 0 amide bonds. The maximum absolute atomic E-state index is 12.2. The van der Waals surface area contributed by atoms with Gasteiger partial charge in [0.25, 0.3) is 0 Å². The van der Waals surface area contributed by atoms with Gasteiger partial charge in [0.1, 0.15) is 5.00 Å². The Morgan fingerprint density at radius 2 is 1.95 bits per heavy atom. The highest BCUT2D eigenvalue weighted by molar-refractivity contribution is 7.89. The van der Waals surface area contributed by atoms with Crippen LogP contribution in [0.3, 0.4) is 0 Å². The summed E-state index contributed by atoms with van der Waals surface area (Å²) in [6, 6.07) is 0.494. The zero-order valence-corrected chi connectivity index (χ0v) is 14.9. The van der Waals surface area contributed by atoms with Crippen LogP contribution in [0.5, 0.6) is 0 Å². The highest BCUT2D eigenvalue weighted by Gasteiger charge is 2.27. The summed E-state index contributed by atoms with van der Waals surface area (Å²) in [6.07, 6.45) is 0.911. The van der Waals surface area contributed by atoms with Gasteiger partial charge in [0.15, 0.2) is 10.7 Å². The van der Waals surface area contributed by atoms with E-state index in [0.29, 0.717) is 17.6 Å². The van der Waals surface area contributed by atoms with Crippen LogP contribution in [0.4, 0.5) is 10.8 Å². The van der Waals surface area contributed by atoms with Gasteiger partial charge in [-0.3, -0.25) is 0 Å². The molecule has 1 aromatic heterocycles. The Labute approximate surface area is 131 Å². The standard InChI is InChI=1S/C12H25N5O2S2/c1-9(2)17(5)8-6-7-14-12-10(11(13)15-20-12)21(18,19)16(3)4/h9,14H,6-8H2,1-5H3,(H2,13,15). The lowest BCUT2D eigenvalue weighted by molar-refractivity contribution is 0.273. The Morgan fingerprint density at radius 1 is 1.33 bits per heavy atom. The molecule has 3 N–H and O–H groups in total. The topological polar surface area (TPSA) is 91.6 Å². The summed E-state index contributed by atoms with van der Waals surface area (Å²) in [4.78, 5) is 2.31. The minimum absolute atomic E-state index is 0.0514. The average Bonchev–Trinajstić information content (AvgIpc) is 2.75. The molecule has 0 saturated carbocycles. The van der Waals surface area contributed by atoms with Crippen molar-refractivity contribution in [2.45, 2.75) is 31.2 Å². The van der Waals surface area contributed by atoms with Crippen LogP contribution in [0, 0.1) is 0 Å². The van der Waals surface area contributed by atoms with Crippen molar-refractivity contribution in [1.29, 1.82) is 0 Å². The number of anilines is 2. The highest BCUT2D eigenvalue weighted by Crippen LogP contribution is 2.32. The number of hydrogen-bond acceptors (Lipinski definition) is 7. The average molecular weight is 335 g/mol. The second-order valence-corrected chi connectivity index (χ2v) is 8.23. The van der Waals surface area contributed by atoms with E-state index < -0.39 is 10.0 Å². The third kappa shape index (κ3) is 4.53. The first-order valence-corrected chi connectivity index (χ1v) is 9.01. The first-order valence-electron chi connectivity index (χ1n) is 6.79. The second-order valence-electron chi connectivity index (χ2n) is 5.37. The lowest BCUT2D eigenvalue weighted by atomic mass is 10.3. The van der Waals surface area contributed by atoms with Crippen molar-refractivity contribution < 1.29 is 8.42 Å². The summed E-state index contributed by atoms with van der Waals surface area (Å²) in [7, 11) is 1.45. The molecule has 21 heavy (non-hydrogen) atoms. The Hall–Kier alpha value is -0.900. The van der Waals surface area contributed by atoms with Gasteiger partial charge in [-0.1, -0.05) is 0 Å². The van der Waals surface area contributed by atoms with Crippen LogP contribution in [0.2, 0.25) is 0 Å². The van der Waals surface area contributed by atoms with E-state index in [9.17, 15) is 8.42 Å². The fraction of sp³-hybridized carbons (Fsp3) is 0.750. The molecule has 0 aliphatic carbocycles. The van der Waals surface area contributed by atoms with Gasteiger partial charge >= 0.3 is 0 Å². The summed E-state index contributed by atoms with van der Waals surface area (Å²) in [5, 5.41) is 3.64. The molecule has 1 rings (SSSR count). The zero-order valence-electron chi connectivity index (χ0n) is 13.3. The van der Waals surface area contributed by atoms with Gasteiger partial charge in [0, 0.05) is 26.7 Å². The minimum Gasteiger partial charge on any atom is -0.382 e. The Morgan fingerprint density at radius 3 is 2.48 bits per heavy atom. The number of sulfonamides is 1. The molecule has 1 heterocycles. The normalized spacial score (nSPS) is 12.6. The van der Waals surface area contributed by atoms with Crippen molar-refractivity contribution in [3.05, 3.63) is 0 Å².